The molecule has 4 unspecified atom stereocenters. The second kappa shape index (κ2) is 5.41. The van der Waals surface area contributed by atoms with Crippen LogP contribution in [-0.2, 0) is 4.79 Å². The SMILES string of the molecule is CC1CCCC(N)(C(=O)N2CCSC(C)C2C)C1. The molecule has 2 aliphatic rings. The monoisotopic (exact) mass is 270 g/mol. The van der Waals surface area contributed by atoms with Crippen LogP contribution in [-0.4, -0.2) is 39.9 Å². The van der Waals surface area contributed by atoms with Crippen LogP contribution in [0.1, 0.15) is 46.5 Å². The Morgan fingerprint density at radius 2 is 2.11 bits per heavy atom. The van der Waals surface area contributed by atoms with Gasteiger partial charge in [-0.05, 0) is 25.7 Å². The standard InChI is InChI=1S/C14H26N2OS/c1-10-5-4-6-14(15,9-10)13(17)16-7-8-18-12(3)11(16)2/h10-12H,4-9,15H2,1-3H3. The van der Waals surface area contributed by atoms with Crippen molar-refractivity contribution in [1.29, 1.82) is 0 Å². The number of thioether (sulfide) groups is 1. The molecule has 4 heteroatoms. The van der Waals surface area contributed by atoms with Crippen molar-refractivity contribution in [3.63, 3.8) is 0 Å². The molecule has 2 fully saturated rings. The molecular formula is C14H26N2OS. The topological polar surface area (TPSA) is 46.3 Å². The first-order valence-corrected chi connectivity index (χ1v) is 8.20. The molecule has 1 heterocycles. The Labute approximate surface area is 115 Å². The van der Waals surface area contributed by atoms with E-state index >= 15 is 0 Å². The Hall–Kier alpha value is -0.220. The van der Waals surface area contributed by atoms with E-state index in [4.69, 9.17) is 5.73 Å². The smallest absolute Gasteiger partial charge is 0.242 e. The van der Waals surface area contributed by atoms with Gasteiger partial charge in [-0.2, -0.15) is 11.8 Å². The average molecular weight is 270 g/mol. The Morgan fingerprint density at radius 1 is 1.39 bits per heavy atom. The first-order chi connectivity index (χ1) is 8.44. The summed E-state index contributed by atoms with van der Waals surface area (Å²) >= 11 is 1.96. The first kappa shape index (κ1) is 14.2. The van der Waals surface area contributed by atoms with Crippen LogP contribution in [0.3, 0.4) is 0 Å². The Morgan fingerprint density at radius 3 is 2.78 bits per heavy atom. The molecule has 0 bridgehead atoms. The van der Waals surface area contributed by atoms with Crippen LogP contribution >= 0.6 is 11.8 Å². The fourth-order valence-corrected chi connectivity index (χ4v) is 4.39. The minimum atomic E-state index is -0.590. The van der Waals surface area contributed by atoms with Gasteiger partial charge in [0.15, 0.2) is 0 Å². The van der Waals surface area contributed by atoms with Crippen molar-refractivity contribution in [3.05, 3.63) is 0 Å². The van der Waals surface area contributed by atoms with Crippen molar-refractivity contribution in [3.8, 4) is 0 Å². The maximum Gasteiger partial charge on any atom is 0.242 e. The minimum Gasteiger partial charge on any atom is -0.336 e. The van der Waals surface area contributed by atoms with E-state index < -0.39 is 5.54 Å². The summed E-state index contributed by atoms with van der Waals surface area (Å²) in [6.45, 7) is 7.44. The molecule has 18 heavy (non-hydrogen) atoms. The summed E-state index contributed by atoms with van der Waals surface area (Å²) in [5, 5.41) is 0.521. The van der Waals surface area contributed by atoms with Crippen molar-refractivity contribution < 1.29 is 4.79 Å². The lowest BCUT2D eigenvalue weighted by Gasteiger charge is -2.44. The number of nitrogens with two attached hydrogens (primary N) is 1. The van der Waals surface area contributed by atoms with E-state index in [2.05, 4.69) is 20.8 Å². The molecule has 3 nitrogen and oxygen atoms in total. The second-order valence-corrected chi connectivity index (χ2v) is 7.66. The van der Waals surface area contributed by atoms with Gasteiger partial charge in [0, 0.05) is 23.6 Å². The molecule has 1 saturated carbocycles. The summed E-state index contributed by atoms with van der Waals surface area (Å²) in [5.74, 6) is 1.83. The van der Waals surface area contributed by atoms with Crippen LogP contribution in [0.25, 0.3) is 0 Å². The van der Waals surface area contributed by atoms with E-state index in [1.165, 1.54) is 6.42 Å². The number of amides is 1. The summed E-state index contributed by atoms with van der Waals surface area (Å²) < 4.78 is 0. The predicted molar refractivity (Wildman–Crippen MR) is 77.6 cm³/mol. The van der Waals surface area contributed by atoms with E-state index in [0.29, 0.717) is 17.2 Å². The number of rotatable bonds is 1. The lowest BCUT2D eigenvalue weighted by atomic mass is 9.76. The van der Waals surface area contributed by atoms with Crippen LogP contribution in [0.5, 0.6) is 0 Å². The molecule has 2 rings (SSSR count). The lowest BCUT2D eigenvalue weighted by Crippen LogP contribution is -2.61. The Bertz CT molecular complexity index is 323. The first-order valence-electron chi connectivity index (χ1n) is 7.15. The molecule has 1 aliphatic heterocycles. The van der Waals surface area contributed by atoms with Crippen LogP contribution in [0.15, 0.2) is 0 Å². The Balaban J connectivity index is 2.09. The third-order valence-corrected chi connectivity index (χ3v) is 5.94. The molecule has 1 saturated heterocycles. The Kier molecular flexibility index (Phi) is 4.27. The highest BCUT2D eigenvalue weighted by atomic mass is 32.2. The normalized spacial score (nSPS) is 41.8. The molecule has 4 atom stereocenters. The van der Waals surface area contributed by atoms with E-state index in [0.717, 1.165) is 31.6 Å². The van der Waals surface area contributed by atoms with Gasteiger partial charge < -0.3 is 10.6 Å². The highest BCUT2D eigenvalue weighted by Crippen LogP contribution is 2.34. The van der Waals surface area contributed by atoms with E-state index in [-0.39, 0.29) is 5.91 Å². The summed E-state index contributed by atoms with van der Waals surface area (Å²) in [6, 6.07) is 0.314. The van der Waals surface area contributed by atoms with E-state index in [9.17, 15) is 4.79 Å². The quantitative estimate of drug-likeness (QED) is 0.795. The zero-order chi connectivity index (χ0) is 13.3. The van der Waals surface area contributed by atoms with E-state index in [1.807, 2.05) is 16.7 Å². The molecule has 0 aromatic carbocycles. The predicted octanol–water partition coefficient (Wildman–Crippen LogP) is 2.25. The van der Waals surface area contributed by atoms with Crippen LogP contribution in [0, 0.1) is 5.92 Å². The number of carbonyl (C=O) groups excluding carboxylic acids is 1. The van der Waals surface area contributed by atoms with Gasteiger partial charge in [-0.15, -0.1) is 0 Å². The van der Waals surface area contributed by atoms with Crippen LogP contribution in [0.2, 0.25) is 0 Å². The summed E-state index contributed by atoms with van der Waals surface area (Å²) in [6.07, 6.45) is 4.03. The molecule has 0 spiro atoms. The van der Waals surface area contributed by atoms with Gasteiger partial charge in [0.05, 0.1) is 5.54 Å². The lowest BCUT2D eigenvalue weighted by molar-refractivity contribution is -0.140. The molecule has 1 aliphatic carbocycles. The molecule has 2 N–H and O–H groups in total. The number of nitrogens with zero attached hydrogens (tertiary/aromatic N) is 1. The van der Waals surface area contributed by atoms with Crippen molar-refractivity contribution in [1.82, 2.24) is 4.90 Å². The largest absolute Gasteiger partial charge is 0.336 e. The van der Waals surface area contributed by atoms with Crippen molar-refractivity contribution >= 4 is 17.7 Å². The molecule has 0 aromatic rings. The van der Waals surface area contributed by atoms with Gasteiger partial charge in [-0.25, -0.2) is 0 Å². The van der Waals surface area contributed by atoms with Gasteiger partial charge in [0.25, 0.3) is 0 Å². The second-order valence-electron chi connectivity index (χ2n) is 6.17. The van der Waals surface area contributed by atoms with Gasteiger partial charge >= 0.3 is 0 Å². The zero-order valence-corrected chi connectivity index (χ0v) is 12.6. The fourth-order valence-electron chi connectivity index (χ4n) is 3.29. The maximum absolute atomic E-state index is 12.8. The molecule has 104 valence electrons. The summed E-state index contributed by atoms with van der Waals surface area (Å²) in [7, 11) is 0. The minimum absolute atomic E-state index is 0.203. The molecule has 0 aromatic heterocycles. The highest BCUT2D eigenvalue weighted by Gasteiger charge is 2.43. The summed E-state index contributed by atoms with van der Waals surface area (Å²) in [5.41, 5.74) is 5.84. The molecular weight excluding hydrogens is 244 g/mol. The third-order valence-electron chi connectivity index (χ3n) is 4.60. The van der Waals surface area contributed by atoms with Gasteiger partial charge in [-0.3, -0.25) is 4.79 Å². The molecule has 0 radical (unpaired) electrons. The number of carbonyl (C=O) groups is 1. The van der Waals surface area contributed by atoms with Gasteiger partial charge in [0.2, 0.25) is 5.91 Å². The average Bonchev–Trinajstić information content (AvgIpc) is 2.31. The number of hydrogen-bond donors (Lipinski definition) is 1. The zero-order valence-electron chi connectivity index (χ0n) is 11.8. The summed E-state index contributed by atoms with van der Waals surface area (Å²) in [4.78, 5) is 14.8. The van der Waals surface area contributed by atoms with Crippen molar-refractivity contribution in [2.45, 2.75) is 63.3 Å². The van der Waals surface area contributed by atoms with Gasteiger partial charge in [-0.1, -0.05) is 26.7 Å². The van der Waals surface area contributed by atoms with E-state index in [1.54, 1.807) is 0 Å². The third kappa shape index (κ3) is 2.69. The van der Waals surface area contributed by atoms with Crippen molar-refractivity contribution in [2.24, 2.45) is 11.7 Å². The van der Waals surface area contributed by atoms with Crippen LogP contribution in [0.4, 0.5) is 0 Å². The highest BCUT2D eigenvalue weighted by molar-refractivity contribution is 8.00. The molecule has 1 amide bonds. The maximum atomic E-state index is 12.8. The number of hydrogen-bond acceptors (Lipinski definition) is 3. The van der Waals surface area contributed by atoms with Gasteiger partial charge in [0.1, 0.15) is 0 Å². The van der Waals surface area contributed by atoms with Crippen molar-refractivity contribution in [2.75, 3.05) is 12.3 Å². The van der Waals surface area contributed by atoms with Crippen LogP contribution < -0.4 is 5.73 Å². The fraction of sp³-hybridized carbons (Fsp3) is 0.929.